The molecule has 1 aromatic carbocycles. The summed E-state index contributed by atoms with van der Waals surface area (Å²) >= 11 is 6.15. The Kier molecular flexibility index (Phi) is 4.71. The Balaban J connectivity index is 2.17. The highest BCUT2D eigenvalue weighted by Crippen LogP contribution is 2.32. The average Bonchev–Trinajstić information content (AvgIpc) is 2.76. The maximum absolute atomic E-state index is 10.8. The number of aromatic nitrogens is 1. The minimum absolute atomic E-state index is 0.00757. The van der Waals surface area contributed by atoms with Crippen LogP contribution in [-0.4, -0.2) is 16.6 Å². The largest absolute Gasteiger partial charge is 0.383 e. The van der Waals surface area contributed by atoms with E-state index in [0.717, 1.165) is 22.6 Å². The molecule has 0 spiro atoms. The third kappa shape index (κ3) is 3.22. The molecule has 2 aromatic rings. The van der Waals surface area contributed by atoms with Gasteiger partial charge >= 0.3 is 0 Å². The lowest BCUT2D eigenvalue weighted by Gasteiger charge is -2.16. The summed E-state index contributed by atoms with van der Waals surface area (Å²) in [6.07, 6.45) is 0. The van der Waals surface area contributed by atoms with Gasteiger partial charge in [-0.2, -0.15) is 0 Å². The Bertz CT molecular complexity index is 670. The molecule has 0 fully saturated rings. The third-order valence-corrected chi connectivity index (χ3v) is 3.95. The van der Waals surface area contributed by atoms with Crippen LogP contribution < -0.4 is 5.32 Å². The maximum atomic E-state index is 10.8. The molecule has 0 saturated carbocycles. The molecule has 1 atom stereocenters. The molecule has 1 aromatic heterocycles. The molecule has 22 heavy (non-hydrogen) atoms. The van der Waals surface area contributed by atoms with Crippen molar-refractivity contribution in [3.05, 3.63) is 49.9 Å². The second kappa shape index (κ2) is 6.36. The Labute approximate surface area is 133 Å². The van der Waals surface area contributed by atoms with Gasteiger partial charge in [0.2, 0.25) is 0 Å². The molecule has 0 aliphatic rings. The van der Waals surface area contributed by atoms with E-state index in [4.69, 9.17) is 16.1 Å². The first kappa shape index (κ1) is 16.3. The molecule has 118 valence electrons. The van der Waals surface area contributed by atoms with E-state index in [0.29, 0.717) is 17.3 Å². The zero-order valence-electron chi connectivity index (χ0n) is 12.9. The van der Waals surface area contributed by atoms with Crippen LogP contribution in [0.4, 0.5) is 11.4 Å². The number of hydrogen-bond donors (Lipinski definition) is 1. The standard InChI is InChI=1S/C15H18ClN3O3/c1-8-5-12(19(20)21)6-13(16)15(8)17-7-9(2)14-10(3)18-22-11(14)4/h5-6,9,17H,7H2,1-4H3. The molecule has 0 radical (unpaired) electrons. The van der Waals surface area contributed by atoms with Gasteiger partial charge in [0.15, 0.2) is 0 Å². The number of aryl methyl sites for hydroxylation is 3. The van der Waals surface area contributed by atoms with Gasteiger partial charge in [-0.1, -0.05) is 23.7 Å². The third-order valence-electron chi connectivity index (χ3n) is 3.65. The number of hydrogen-bond acceptors (Lipinski definition) is 5. The van der Waals surface area contributed by atoms with E-state index in [1.165, 1.54) is 12.1 Å². The number of non-ortho nitro benzene ring substituents is 1. The van der Waals surface area contributed by atoms with Gasteiger partial charge in [0.05, 0.1) is 21.3 Å². The summed E-state index contributed by atoms with van der Waals surface area (Å²) in [5, 5.41) is 18.4. The van der Waals surface area contributed by atoms with Crippen LogP contribution >= 0.6 is 11.6 Å². The minimum atomic E-state index is -0.449. The van der Waals surface area contributed by atoms with Crippen molar-refractivity contribution in [1.82, 2.24) is 5.16 Å². The second-order valence-electron chi connectivity index (χ2n) is 5.40. The average molecular weight is 324 g/mol. The molecular formula is C15H18ClN3O3. The van der Waals surface area contributed by atoms with Crippen molar-refractivity contribution in [1.29, 1.82) is 0 Å². The molecule has 1 N–H and O–H groups in total. The Morgan fingerprint density at radius 1 is 1.41 bits per heavy atom. The van der Waals surface area contributed by atoms with Crippen molar-refractivity contribution in [3.8, 4) is 0 Å². The van der Waals surface area contributed by atoms with Gasteiger partial charge in [-0.3, -0.25) is 10.1 Å². The molecule has 1 heterocycles. The van der Waals surface area contributed by atoms with E-state index in [1.54, 1.807) is 6.92 Å². The van der Waals surface area contributed by atoms with Crippen LogP contribution in [0.25, 0.3) is 0 Å². The normalized spacial score (nSPS) is 12.2. The van der Waals surface area contributed by atoms with Crippen molar-refractivity contribution >= 4 is 23.0 Å². The van der Waals surface area contributed by atoms with Crippen LogP contribution in [0, 0.1) is 30.9 Å². The van der Waals surface area contributed by atoms with E-state index < -0.39 is 4.92 Å². The Hall–Kier alpha value is -2.08. The number of nitro benzene ring substituents is 1. The summed E-state index contributed by atoms with van der Waals surface area (Å²) in [4.78, 5) is 10.4. The van der Waals surface area contributed by atoms with Gasteiger partial charge in [-0.25, -0.2) is 0 Å². The number of nitrogens with zero attached hydrogens (tertiary/aromatic N) is 2. The number of benzene rings is 1. The Morgan fingerprint density at radius 2 is 2.09 bits per heavy atom. The molecule has 0 aliphatic carbocycles. The molecule has 0 amide bonds. The van der Waals surface area contributed by atoms with Crippen molar-refractivity contribution in [2.24, 2.45) is 0 Å². The predicted octanol–water partition coefficient (Wildman–Crippen LogP) is 4.38. The summed E-state index contributed by atoms with van der Waals surface area (Å²) in [5.74, 6) is 0.982. The zero-order valence-corrected chi connectivity index (χ0v) is 13.7. The second-order valence-corrected chi connectivity index (χ2v) is 5.80. The van der Waals surface area contributed by atoms with Crippen LogP contribution in [0.3, 0.4) is 0 Å². The van der Waals surface area contributed by atoms with E-state index in [-0.39, 0.29) is 11.6 Å². The van der Waals surface area contributed by atoms with Gasteiger partial charge in [-0.15, -0.1) is 0 Å². The van der Waals surface area contributed by atoms with Crippen LogP contribution in [0.2, 0.25) is 5.02 Å². The lowest BCUT2D eigenvalue weighted by atomic mass is 9.99. The molecule has 0 bridgehead atoms. The Morgan fingerprint density at radius 3 is 2.59 bits per heavy atom. The summed E-state index contributed by atoms with van der Waals surface area (Å²) < 4.78 is 5.18. The molecule has 7 heteroatoms. The van der Waals surface area contributed by atoms with Crippen molar-refractivity contribution in [2.45, 2.75) is 33.6 Å². The molecule has 6 nitrogen and oxygen atoms in total. The fourth-order valence-electron chi connectivity index (χ4n) is 2.61. The minimum Gasteiger partial charge on any atom is -0.383 e. The van der Waals surface area contributed by atoms with Gasteiger partial charge in [0, 0.05) is 30.2 Å². The zero-order chi connectivity index (χ0) is 16.4. The predicted molar refractivity (Wildman–Crippen MR) is 85.7 cm³/mol. The van der Waals surface area contributed by atoms with E-state index in [1.807, 2.05) is 13.8 Å². The van der Waals surface area contributed by atoms with Gasteiger partial charge in [-0.05, 0) is 26.3 Å². The number of anilines is 1. The first-order valence-electron chi connectivity index (χ1n) is 6.92. The molecule has 1 unspecified atom stereocenters. The van der Waals surface area contributed by atoms with Crippen LogP contribution in [0.15, 0.2) is 16.7 Å². The summed E-state index contributed by atoms with van der Waals surface area (Å²) in [6, 6.07) is 2.87. The summed E-state index contributed by atoms with van der Waals surface area (Å²) in [7, 11) is 0. The van der Waals surface area contributed by atoms with E-state index in [9.17, 15) is 10.1 Å². The summed E-state index contributed by atoms with van der Waals surface area (Å²) in [5.41, 5.74) is 3.39. The van der Waals surface area contributed by atoms with Crippen molar-refractivity contribution < 1.29 is 9.45 Å². The smallest absolute Gasteiger partial charge is 0.271 e. The van der Waals surface area contributed by atoms with Crippen LogP contribution in [0.1, 0.15) is 35.4 Å². The number of halogens is 1. The fraction of sp³-hybridized carbons (Fsp3) is 0.400. The quantitative estimate of drug-likeness (QED) is 0.652. The van der Waals surface area contributed by atoms with Gasteiger partial charge in [0.1, 0.15) is 5.76 Å². The van der Waals surface area contributed by atoms with Gasteiger partial charge in [0.25, 0.3) is 5.69 Å². The van der Waals surface area contributed by atoms with Crippen molar-refractivity contribution in [3.63, 3.8) is 0 Å². The first-order valence-corrected chi connectivity index (χ1v) is 7.30. The van der Waals surface area contributed by atoms with Crippen LogP contribution in [0.5, 0.6) is 0 Å². The molecule has 0 saturated heterocycles. The summed E-state index contributed by atoms with van der Waals surface area (Å²) in [6.45, 7) is 8.28. The molecular weight excluding hydrogens is 306 g/mol. The van der Waals surface area contributed by atoms with Gasteiger partial charge < -0.3 is 9.84 Å². The maximum Gasteiger partial charge on any atom is 0.271 e. The number of rotatable bonds is 5. The van der Waals surface area contributed by atoms with Crippen LogP contribution in [-0.2, 0) is 0 Å². The highest BCUT2D eigenvalue weighted by Gasteiger charge is 2.18. The highest BCUT2D eigenvalue weighted by molar-refractivity contribution is 6.33. The monoisotopic (exact) mass is 323 g/mol. The highest BCUT2D eigenvalue weighted by atomic mass is 35.5. The van der Waals surface area contributed by atoms with E-state index in [2.05, 4.69) is 17.4 Å². The number of nitro groups is 1. The molecule has 0 aliphatic heterocycles. The van der Waals surface area contributed by atoms with E-state index >= 15 is 0 Å². The topological polar surface area (TPSA) is 81.2 Å². The number of nitrogens with one attached hydrogen (secondary N) is 1. The first-order chi connectivity index (χ1) is 10.3. The lowest BCUT2D eigenvalue weighted by molar-refractivity contribution is -0.384. The molecule has 2 rings (SSSR count). The lowest BCUT2D eigenvalue weighted by Crippen LogP contribution is -2.12. The fourth-order valence-corrected chi connectivity index (χ4v) is 2.93. The van der Waals surface area contributed by atoms with Crippen molar-refractivity contribution in [2.75, 3.05) is 11.9 Å². The SMILES string of the molecule is Cc1cc([N+](=O)[O-])cc(Cl)c1NCC(C)c1c(C)noc1C.